The fraction of sp³-hybridized carbons (Fsp3) is 0.667. The fourth-order valence-corrected chi connectivity index (χ4v) is 15.7. The van der Waals surface area contributed by atoms with Crippen LogP contribution in [0.3, 0.4) is 0 Å². The van der Waals surface area contributed by atoms with Crippen LogP contribution in [0.2, 0.25) is 13.3 Å². The maximum atomic E-state index is 12.5. The number of aromatic nitrogens is 1. The number of hydrogen-bond acceptors (Lipinski definition) is 3. The van der Waals surface area contributed by atoms with Crippen LogP contribution >= 0.6 is 0 Å². The molecule has 0 aliphatic heterocycles. The normalized spacial score (nSPS) is 11.4. The van der Waals surface area contributed by atoms with Crippen molar-refractivity contribution in [3.8, 4) is 0 Å². The van der Waals surface area contributed by atoms with E-state index in [2.05, 4.69) is 25.8 Å². The van der Waals surface area contributed by atoms with Crippen LogP contribution in [-0.2, 0) is 3.07 Å². The van der Waals surface area contributed by atoms with Gasteiger partial charge in [0.1, 0.15) is 0 Å². The van der Waals surface area contributed by atoms with E-state index in [-0.39, 0.29) is 5.97 Å². The second kappa shape index (κ2) is 11.0. The summed E-state index contributed by atoms with van der Waals surface area (Å²) in [5.41, 5.74) is 0.466. The van der Waals surface area contributed by atoms with Gasteiger partial charge in [0.15, 0.2) is 0 Å². The number of nitrogens with zero attached hydrogens (tertiary/aromatic N) is 1. The van der Waals surface area contributed by atoms with Crippen LogP contribution in [0.1, 0.15) is 69.8 Å². The van der Waals surface area contributed by atoms with Crippen LogP contribution in [0.5, 0.6) is 0 Å². The number of carbonyl (C=O) groups is 1. The number of carbonyl (C=O) groups excluding carboxylic acids is 1. The van der Waals surface area contributed by atoms with Crippen molar-refractivity contribution in [2.75, 3.05) is 0 Å². The number of unbranched alkanes of at least 4 members (excludes halogenated alkanes) is 3. The zero-order valence-corrected chi connectivity index (χ0v) is 17.3. The summed E-state index contributed by atoms with van der Waals surface area (Å²) in [6.07, 6.45) is 8.78. The minimum absolute atomic E-state index is 0.181. The molecule has 0 N–H and O–H groups in total. The van der Waals surface area contributed by atoms with Crippen LogP contribution in [-0.4, -0.2) is 29.7 Å². The molecule has 0 radical (unpaired) electrons. The van der Waals surface area contributed by atoms with Gasteiger partial charge in [0.05, 0.1) is 0 Å². The van der Waals surface area contributed by atoms with E-state index in [1.54, 1.807) is 12.3 Å². The van der Waals surface area contributed by atoms with E-state index in [4.69, 9.17) is 3.07 Å². The Kier molecular flexibility index (Phi) is 9.76. The first-order chi connectivity index (χ1) is 10.7. The molecule has 4 heteroatoms. The number of pyridine rings is 1. The van der Waals surface area contributed by atoms with Crippen LogP contribution in [0.15, 0.2) is 24.4 Å². The molecule has 0 saturated carbocycles. The van der Waals surface area contributed by atoms with Crippen molar-refractivity contribution < 1.29 is 7.87 Å². The van der Waals surface area contributed by atoms with E-state index in [0.717, 1.165) is 0 Å². The summed E-state index contributed by atoms with van der Waals surface area (Å²) >= 11 is -2.86. The van der Waals surface area contributed by atoms with Gasteiger partial charge in [-0.05, 0) is 0 Å². The Bertz CT molecular complexity index is 401. The van der Waals surface area contributed by atoms with Crippen molar-refractivity contribution in [1.82, 2.24) is 4.98 Å². The molecule has 0 fully saturated rings. The quantitative estimate of drug-likeness (QED) is 0.446. The summed E-state index contributed by atoms with van der Waals surface area (Å²) in [6, 6.07) is 5.45. The zero-order chi connectivity index (χ0) is 16.3. The average molecular weight is 412 g/mol. The molecule has 1 heterocycles. The number of hydrogen-bond donors (Lipinski definition) is 0. The Labute approximate surface area is 140 Å². The van der Waals surface area contributed by atoms with Gasteiger partial charge in [-0.3, -0.25) is 0 Å². The predicted octanol–water partition coefficient (Wildman–Crippen LogP) is 5.58. The first-order valence-corrected chi connectivity index (χ1v) is 16.0. The van der Waals surface area contributed by atoms with Crippen molar-refractivity contribution in [1.29, 1.82) is 0 Å². The molecule has 0 aromatic carbocycles. The van der Waals surface area contributed by atoms with Gasteiger partial charge in [0.2, 0.25) is 0 Å². The first-order valence-electron chi connectivity index (χ1n) is 8.81. The third-order valence-electron chi connectivity index (χ3n) is 4.14. The second-order valence-corrected chi connectivity index (χ2v) is 17.7. The van der Waals surface area contributed by atoms with Gasteiger partial charge in [-0.25, -0.2) is 0 Å². The zero-order valence-electron chi connectivity index (χ0n) is 14.4. The predicted molar refractivity (Wildman–Crippen MR) is 94.6 cm³/mol. The van der Waals surface area contributed by atoms with Crippen molar-refractivity contribution in [2.24, 2.45) is 0 Å². The number of rotatable bonds is 11. The third-order valence-corrected chi connectivity index (χ3v) is 16.7. The van der Waals surface area contributed by atoms with E-state index < -0.39 is 18.8 Å². The average Bonchev–Trinajstić information content (AvgIpc) is 2.56. The molecule has 0 atom stereocenters. The van der Waals surface area contributed by atoms with Gasteiger partial charge in [0, 0.05) is 0 Å². The van der Waals surface area contributed by atoms with E-state index in [9.17, 15) is 4.79 Å². The Hall–Kier alpha value is -0.581. The second-order valence-electron chi connectivity index (χ2n) is 6.10. The molecule has 0 spiro atoms. The van der Waals surface area contributed by atoms with Gasteiger partial charge in [-0.1, -0.05) is 0 Å². The van der Waals surface area contributed by atoms with Crippen molar-refractivity contribution in [3.05, 3.63) is 30.1 Å². The maximum absolute atomic E-state index is 12.5. The molecule has 3 nitrogen and oxygen atoms in total. The van der Waals surface area contributed by atoms with Crippen molar-refractivity contribution >= 4 is 24.8 Å². The van der Waals surface area contributed by atoms with Crippen LogP contribution < -0.4 is 0 Å². The van der Waals surface area contributed by atoms with Crippen molar-refractivity contribution in [3.63, 3.8) is 0 Å². The summed E-state index contributed by atoms with van der Waals surface area (Å²) < 4.78 is 9.75. The van der Waals surface area contributed by atoms with Gasteiger partial charge >= 0.3 is 140 Å². The van der Waals surface area contributed by atoms with Crippen LogP contribution in [0.25, 0.3) is 0 Å². The summed E-state index contributed by atoms with van der Waals surface area (Å²) in [5, 5.41) is 0. The molecule has 0 saturated heterocycles. The molecule has 1 aromatic rings. The molecule has 0 unspecified atom stereocenters. The van der Waals surface area contributed by atoms with Crippen molar-refractivity contribution in [2.45, 2.75) is 72.6 Å². The molecular formula is C18H31NO2Sn. The van der Waals surface area contributed by atoms with Crippen LogP contribution in [0.4, 0.5) is 0 Å². The van der Waals surface area contributed by atoms with E-state index in [1.165, 1.54) is 51.8 Å². The molecular weight excluding hydrogens is 381 g/mol. The Morgan fingerprint density at radius 2 is 1.55 bits per heavy atom. The molecule has 0 amide bonds. The van der Waals surface area contributed by atoms with E-state index in [1.807, 2.05) is 12.1 Å². The summed E-state index contributed by atoms with van der Waals surface area (Å²) in [6.45, 7) is 6.66. The summed E-state index contributed by atoms with van der Waals surface area (Å²) in [5.74, 6) is -0.181. The van der Waals surface area contributed by atoms with Crippen LogP contribution in [0, 0.1) is 0 Å². The minimum atomic E-state index is -2.86. The van der Waals surface area contributed by atoms with Gasteiger partial charge in [-0.15, -0.1) is 0 Å². The first kappa shape index (κ1) is 19.5. The SMILES string of the molecule is CCC[CH2][Sn]([CH2]CCC)([CH2]CCC)[O]C(=O)c1ccccn1. The Morgan fingerprint density at radius 1 is 1.00 bits per heavy atom. The summed E-state index contributed by atoms with van der Waals surface area (Å²) in [4.78, 5) is 16.7. The molecule has 22 heavy (non-hydrogen) atoms. The molecule has 0 aliphatic carbocycles. The van der Waals surface area contributed by atoms with Gasteiger partial charge in [0.25, 0.3) is 0 Å². The van der Waals surface area contributed by atoms with Gasteiger partial charge < -0.3 is 0 Å². The van der Waals surface area contributed by atoms with E-state index >= 15 is 0 Å². The fourth-order valence-electron chi connectivity index (χ4n) is 2.76. The third kappa shape index (κ3) is 6.67. The topological polar surface area (TPSA) is 39.2 Å². The standard InChI is InChI=1S/C6H5NO2.3C4H9.Sn/c8-6(9)5-3-1-2-4-7-5;3*1-3-4-2;/h1-4H,(H,8,9);3*1,3-4H2,2H3;/q;;;;+1/p-1. The van der Waals surface area contributed by atoms with Gasteiger partial charge in [-0.2, -0.15) is 0 Å². The molecule has 0 bridgehead atoms. The Balaban J connectivity index is 2.86. The van der Waals surface area contributed by atoms with E-state index in [0.29, 0.717) is 5.69 Å². The monoisotopic (exact) mass is 413 g/mol. The Morgan fingerprint density at radius 3 is 1.95 bits per heavy atom. The molecule has 0 aliphatic rings. The molecule has 1 aromatic heterocycles. The molecule has 1 rings (SSSR count). The summed E-state index contributed by atoms with van der Waals surface area (Å²) in [7, 11) is 0. The molecule has 124 valence electrons.